The highest BCUT2D eigenvalue weighted by Gasteiger charge is 2.31. The highest BCUT2D eigenvalue weighted by molar-refractivity contribution is 7.09. The van der Waals surface area contributed by atoms with Gasteiger partial charge < -0.3 is 14.5 Å². The van der Waals surface area contributed by atoms with E-state index in [0.717, 1.165) is 25.0 Å². The standard InChI is InChI=1S/C16H23N3O3S/c1-12-14(23-11-17-12)4-5-15(20)18-6-8-19(9-7-18)16(21)13-3-2-10-22-13/h11,13H,2-10H2,1H3/t13-/m0/s1. The molecule has 23 heavy (non-hydrogen) atoms. The first-order chi connectivity index (χ1) is 11.1. The summed E-state index contributed by atoms with van der Waals surface area (Å²) in [6, 6.07) is 0. The van der Waals surface area contributed by atoms with Gasteiger partial charge in [0.15, 0.2) is 0 Å². The lowest BCUT2D eigenvalue weighted by atomic mass is 10.2. The van der Waals surface area contributed by atoms with Gasteiger partial charge in [-0.25, -0.2) is 4.98 Å². The van der Waals surface area contributed by atoms with Crippen LogP contribution in [0.2, 0.25) is 0 Å². The van der Waals surface area contributed by atoms with E-state index >= 15 is 0 Å². The minimum atomic E-state index is -0.258. The second kappa shape index (κ2) is 7.40. The van der Waals surface area contributed by atoms with Crippen LogP contribution >= 0.6 is 11.3 Å². The number of hydrogen-bond acceptors (Lipinski definition) is 5. The van der Waals surface area contributed by atoms with E-state index in [1.807, 2.05) is 22.2 Å². The van der Waals surface area contributed by atoms with Gasteiger partial charge in [0, 0.05) is 44.1 Å². The molecule has 0 aliphatic carbocycles. The molecule has 0 bridgehead atoms. The van der Waals surface area contributed by atoms with Gasteiger partial charge in [-0.15, -0.1) is 11.3 Å². The number of amides is 2. The number of aryl methyl sites for hydroxylation is 2. The molecule has 2 aliphatic rings. The number of aromatic nitrogens is 1. The first-order valence-electron chi connectivity index (χ1n) is 8.22. The van der Waals surface area contributed by atoms with E-state index in [9.17, 15) is 9.59 Å². The quantitative estimate of drug-likeness (QED) is 0.829. The van der Waals surface area contributed by atoms with Gasteiger partial charge in [-0.3, -0.25) is 9.59 Å². The zero-order valence-corrected chi connectivity index (χ0v) is 14.3. The molecule has 0 radical (unpaired) electrons. The molecule has 3 rings (SSSR count). The highest BCUT2D eigenvalue weighted by Crippen LogP contribution is 2.17. The van der Waals surface area contributed by atoms with Crippen molar-refractivity contribution < 1.29 is 14.3 Å². The average Bonchev–Trinajstić information content (AvgIpc) is 3.24. The molecule has 2 amide bonds. The van der Waals surface area contributed by atoms with Crippen LogP contribution in [-0.4, -0.2) is 65.5 Å². The average molecular weight is 337 g/mol. The molecule has 126 valence electrons. The normalized spacial score (nSPS) is 21.7. The molecule has 1 atom stereocenters. The van der Waals surface area contributed by atoms with E-state index < -0.39 is 0 Å². The van der Waals surface area contributed by atoms with E-state index in [-0.39, 0.29) is 17.9 Å². The predicted octanol–water partition coefficient (Wildman–Crippen LogP) is 1.23. The van der Waals surface area contributed by atoms with Crippen molar-refractivity contribution in [3.8, 4) is 0 Å². The van der Waals surface area contributed by atoms with Crippen LogP contribution in [0.5, 0.6) is 0 Å². The Hall–Kier alpha value is -1.47. The lowest BCUT2D eigenvalue weighted by Crippen LogP contribution is -2.52. The van der Waals surface area contributed by atoms with Gasteiger partial charge in [0.2, 0.25) is 5.91 Å². The van der Waals surface area contributed by atoms with Gasteiger partial charge in [0.05, 0.1) is 11.2 Å². The van der Waals surface area contributed by atoms with Crippen LogP contribution in [0.15, 0.2) is 5.51 Å². The summed E-state index contributed by atoms with van der Waals surface area (Å²) in [4.78, 5) is 33.7. The van der Waals surface area contributed by atoms with Crippen LogP contribution in [0, 0.1) is 6.92 Å². The third-order valence-electron chi connectivity index (χ3n) is 4.56. The van der Waals surface area contributed by atoms with Crippen LogP contribution in [0.25, 0.3) is 0 Å². The molecule has 0 unspecified atom stereocenters. The van der Waals surface area contributed by atoms with Crippen molar-refractivity contribution in [1.82, 2.24) is 14.8 Å². The number of piperazine rings is 1. The summed E-state index contributed by atoms with van der Waals surface area (Å²) in [6.07, 6.45) is 2.80. The topological polar surface area (TPSA) is 62.7 Å². The van der Waals surface area contributed by atoms with Gasteiger partial charge in [0.1, 0.15) is 6.10 Å². The Morgan fingerprint density at radius 2 is 2.04 bits per heavy atom. The molecular weight excluding hydrogens is 314 g/mol. The Bertz CT molecular complexity index is 561. The summed E-state index contributed by atoms with van der Waals surface area (Å²) < 4.78 is 5.46. The summed E-state index contributed by atoms with van der Waals surface area (Å²) >= 11 is 1.61. The highest BCUT2D eigenvalue weighted by atomic mass is 32.1. The van der Waals surface area contributed by atoms with E-state index in [1.54, 1.807) is 11.3 Å². The molecule has 7 heteroatoms. The van der Waals surface area contributed by atoms with Crippen molar-refractivity contribution in [3.05, 3.63) is 16.1 Å². The Morgan fingerprint density at radius 3 is 2.65 bits per heavy atom. The molecule has 2 fully saturated rings. The number of ether oxygens (including phenoxy) is 1. The molecule has 6 nitrogen and oxygen atoms in total. The SMILES string of the molecule is Cc1ncsc1CCC(=O)N1CCN(C(=O)[C@@H]2CCCO2)CC1. The minimum absolute atomic E-state index is 0.0925. The lowest BCUT2D eigenvalue weighted by molar-refractivity contribution is -0.146. The zero-order valence-electron chi connectivity index (χ0n) is 13.5. The van der Waals surface area contributed by atoms with E-state index in [0.29, 0.717) is 39.2 Å². The van der Waals surface area contributed by atoms with Crippen LogP contribution in [0.1, 0.15) is 29.8 Å². The first-order valence-corrected chi connectivity index (χ1v) is 9.10. The summed E-state index contributed by atoms with van der Waals surface area (Å²) in [5.74, 6) is 0.261. The van der Waals surface area contributed by atoms with Gasteiger partial charge in [0.25, 0.3) is 5.91 Å². The Labute approximate surface area is 140 Å². The first kappa shape index (κ1) is 16.4. The van der Waals surface area contributed by atoms with Crippen molar-refractivity contribution in [1.29, 1.82) is 0 Å². The van der Waals surface area contributed by atoms with Gasteiger partial charge in [-0.05, 0) is 26.2 Å². The van der Waals surface area contributed by atoms with E-state index in [4.69, 9.17) is 4.74 Å². The number of carbonyl (C=O) groups is 2. The van der Waals surface area contributed by atoms with Gasteiger partial charge in [-0.1, -0.05) is 0 Å². The molecule has 0 aromatic carbocycles. The largest absolute Gasteiger partial charge is 0.368 e. The van der Waals surface area contributed by atoms with Crippen molar-refractivity contribution in [3.63, 3.8) is 0 Å². The van der Waals surface area contributed by atoms with Crippen LogP contribution in [0.4, 0.5) is 0 Å². The van der Waals surface area contributed by atoms with Crippen LogP contribution in [-0.2, 0) is 20.7 Å². The second-order valence-corrected chi connectivity index (χ2v) is 7.01. The summed E-state index contributed by atoms with van der Waals surface area (Å²) in [5, 5.41) is 0. The number of nitrogens with zero attached hydrogens (tertiary/aromatic N) is 3. The summed E-state index contributed by atoms with van der Waals surface area (Å²) in [5.41, 5.74) is 2.85. The maximum atomic E-state index is 12.3. The molecule has 2 saturated heterocycles. The number of thiazole rings is 1. The third kappa shape index (κ3) is 3.90. The molecule has 3 heterocycles. The molecule has 0 N–H and O–H groups in total. The third-order valence-corrected chi connectivity index (χ3v) is 5.55. The maximum absolute atomic E-state index is 12.3. The van der Waals surface area contributed by atoms with Gasteiger partial charge in [-0.2, -0.15) is 0 Å². The Kier molecular flexibility index (Phi) is 5.27. The smallest absolute Gasteiger partial charge is 0.251 e. The van der Waals surface area contributed by atoms with E-state index in [1.165, 1.54) is 4.88 Å². The van der Waals surface area contributed by atoms with Gasteiger partial charge >= 0.3 is 0 Å². The van der Waals surface area contributed by atoms with Crippen molar-refractivity contribution in [2.75, 3.05) is 32.8 Å². The zero-order chi connectivity index (χ0) is 16.2. The lowest BCUT2D eigenvalue weighted by Gasteiger charge is -2.35. The predicted molar refractivity (Wildman–Crippen MR) is 87.3 cm³/mol. The Morgan fingerprint density at radius 1 is 1.30 bits per heavy atom. The molecule has 1 aromatic heterocycles. The summed E-state index contributed by atoms with van der Waals surface area (Å²) in [7, 11) is 0. The van der Waals surface area contributed by atoms with Crippen molar-refractivity contribution in [2.24, 2.45) is 0 Å². The fraction of sp³-hybridized carbons (Fsp3) is 0.688. The monoisotopic (exact) mass is 337 g/mol. The molecule has 0 saturated carbocycles. The minimum Gasteiger partial charge on any atom is -0.368 e. The van der Waals surface area contributed by atoms with E-state index in [2.05, 4.69) is 4.98 Å². The van der Waals surface area contributed by atoms with Crippen LogP contribution in [0.3, 0.4) is 0 Å². The number of rotatable bonds is 4. The molecule has 2 aliphatic heterocycles. The second-order valence-electron chi connectivity index (χ2n) is 6.07. The molecular formula is C16H23N3O3S. The fourth-order valence-electron chi connectivity index (χ4n) is 3.10. The number of carbonyl (C=O) groups excluding carboxylic acids is 2. The molecule has 0 spiro atoms. The van der Waals surface area contributed by atoms with Crippen LogP contribution < -0.4 is 0 Å². The Balaban J connectivity index is 1.44. The van der Waals surface area contributed by atoms with Crippen molar-refractivity contribution >= 4 is 23.2 Å². The summed E-state index contributed by atoms with van der Waals surface area (Å²) in [6.45, 7) is 5.14. The number of hydrogen-bond donors (Lipinski definition) is 0. The maximum Gasteiger partial charge on any atom is 0.251 e. The fourth-order valence-corrected chi connectivity index (χ4v) is 3.88. The van der Waals surface area contributed by atoms with Crippen molar-refractivity contribution in [2.45, 2.75) is 38.7 Å². The molecule has 1 aromatic rings.